The molecule has 0 saturated heterocycles. The quantitative estimate of drug-likeness (QED) is 0.160. The standard InChI is InChI=1S/C61H49NO2/c1-7-14-44-46-30-27-41(35-54(46)60(3,4)52(44)8-2)62(40-25-21-37(22-26-40)38-24-32-58-51(33-38)49-16-10-11-19-56(49)63-58)42-28-31-47-45-29-23-39(34-53(45)61(5,6)55(47)36-42)43-17-13-18-50-48-15-9-12-20-57(48)64-59(43)50/h7,9-36H,8H2,1-6H3/b14-7-. The minimum Gasteiger partial charge on any atom is -0.456 e. The molecule has 8 aromatic carbocycles. The van der Waals surface area contributed by atoms with Crippen LogP contribution in [0.15, 0.2) is 190 Å². The van der Waals surface area contributed by atoms with Crippen LogP contribution in [0.2, 0.25) is 0 Å². The molecular weight excluding hydrogens is 779 g/mol. The van der Waals surface area contributed by atoms with E-state index in [0.29, 0.717) is 0 Å². The molecule has 3 nitrogen and oxygen atoms in total. The lowest BCUT2D eigenvalue weighted by molar-refractivity contribution is 0.617. The number of allylic oxidation sites excluding steroid dienone is 4. The van der Waals surface area contributed by atoms with Crippen LogP contribution in [0.1, 0.15) is 70.2 Å². The third-order valence-electron chi connectivity index (χ3n) is 14.5. The highest BCUT2D eigenvalue weighted by Crippen LogP contribution is 2.54. The van der Waals surface area contributed by atoms with Gasteiger partial charge < -0.3 is 13.7 Å². The van der Waals surface area contributed by atoms with E-state index in [9.17, 15) is 0 Å². The van der Waals surface area contributed by atoms with Gasteiger partial charge in [-0.2, -0.15) is 0 Å². The van der Waals surface area contributed by atoms with Crippen molar-refractivity contribution in [3.05, 3.63) is 204 Å². The summed E-state index contributed by atoms with van der Waals surface area (Å²) in [6.45, 7) is 14.0. The second kappa shape index (κ2) is 14.1. The molecule has 0 bridgehead atoms. The summed E-state index contributed by atoms with van der Waals surface area (Å²) in [5.74, 6) is 0. The van der Waals surface area contributed by atoms with E-state index in [2.05, 4.69) is 204 Å². The van der Waals surface area contributed by atoms with Gasteiger partial charge in [0, 0.05) is 55.0 Å². The molecule has 0 saturated carbocycles. The molecule has 2 aromatic heterocycles. The number of hydrogen-bond acceptors (Lipinski definition) is 3. The fraction of sp³-hybridized carbons (Fsp3) is 0.148. The summed E-state index contributed by atoms with van der Waals surface area (Å²) >= 11 is 0. The van der Waals surface area contributed by atoms with Crippen molar-refractivity contribution in [3.8, 4) is 33.4 Å². The fourth-order valence-electron chi connectivity index (χ4n) is 11.2. The van der Waals surface area contributed by atoms with Crippen LogP contribution in [0, 0.1) is 0 Å². The fourth-order valence-corrected chi connectivity index (χ4v) is 11.2. The van der Waals surface area contributed by atoms with E-state index in [0.717, 1.165) is 72.9 Å². The molecule has 12 rings (SSSR count). The first-order valence-corrected chi connectivity index (χ1v) is 22.7. The zero-order valence-corrected chi connectivity index (χ0v) is 37.2. The molecule has 310 valence electrons. The Morgan fingerprint density at radius 1 is 0.453 bits per heavy atom. The van der Waals surface area contributed by atoms with Crippen LogP contribution < -0.4 is 4.90 Å². The van der Waals surface area contributed by atoms with E-state index < -0.39 is 0 Å². The summed E-state index contributed by atoms with van der Waals surface area (Å²) in [6.07, 6.45) is 5.49. The molecule has 0 aliphatic heterocycles. The van der Waals surface area contributed by atoms with E-state index in [-0.39, 0.29) is 10.8 Å². The summed E-state index contributed by atoms with van der Waals surface area (Å²) in [5, 5.41) is 4.58. The first-order valence-electron chi connectivity index (χ1n) is 22.7. The van der Waals surface area contributed by atoms with Gasteiger partial charge in [0.25, 0.3) is 0 Å². The predicted molar refractivity (Wildman–Crippen MR) is 269 cm³/mol. The molecule has 0 fully saturated rings. The lowest BCUT2D eigenvalue weighted by Crippen LogP contribution is -2.19. The van der Waals surface area contributed by atoms with Crippen molar-refractivity contribution in [2.45, 2.75) is 58.8 Å². The van der Waals surface area contributed by atoms with E-state index in [1.807, 2.05) is 18.2 Å². The van der Waals surface area contributed by atoms with Gasteiger partial charge in [-0.1, -0.05) is 149 Å². The Bertz CT molecular complexity index is 3610. The molecule has 2 aliphatic carbocycles. The lowest BCUT2D eigenvalue weighted by Gasteiger charge is -2.30. The van der Waals surface area contributed by atoms with Gasteiger partial charge in [0.2, 0.25) is 0 Å². The smallest absolute Gasteiger partial charge is 0.143 e. The van der Waals surface area contributed by atoms with Gasteiger partial charge in [-0.05, 0) is 136 Å². The minimum atomic E-state index is -0.245. The zero-order chi connectivity index (χ0) is 43.5. The van der Waals surface area contributed by atoms with Gasteiger partial charge in [-0.25, -0.2) is 0 Å². The Morgan fingerprint density at radius 2 is 1.02 bits per heavy atom. The molecule has 64 heavy (non-hydrogen) atoms. The SMILES string of the molecule is C/C=C\C1=C(CC)C(C)(C)c2cc(N(c3ccc(-c4ccc5oc6ccccc6c5c4)cc3)c3ccc4c(c3)C(C)(C)c3cc(-c5cccc6c5oc5ccccc56)ccc3-4)ccc21. The van der Waals surface area contributed by atoms with Crippen LogP contribution in [0.25, 0.3) is 82.8 Å². The molecule has 10 aromatic rings. The number of para-hydroxylation sites is 3. The molecule has 3 heteroatoms. The van der Waals surface area contributed by atoms with Crippen LogP contribution >= 0.6 is 0 Å². The van der Waals surface area contributed by atoms with Gasteiger partial charge in [0.05, 0.1) is 0 Å². The van der Waals surface area contributed by atoms with Crippen LogP contribution in [-0.4, -0.2) is 0 Å². The largest absolute Gasteiger partial charge is 0.456 e. The maximum Gasteiger partial charge on any atom is 0.143 e. The summed E-state index contributed by atoms with van der Waals surface area (Å²) in [6, 6.07) is 60.0. The first-order chi connectivity index (χ1) is 31.1. The van der Waals surface area contributed by atoms with Crippen molar-refractivity contribution in [2.24, 2.45) is 0 Å². The maximum atomic E-state index is 6.51. The number of benzene rings is 8. The van der Waals surface area contributed by atoms with Gasteiger partial charge in [-0.15, -0.1) is 0 Å². The summed E-state index contributed by atoms with van der Waals surface area (Å²) in [4.78, 5) is 2.46. The van der Waals surface area contributed by atoms with Gasteiger partial charge in [0.15, 0.2) is 0 Å². The number of nitrogens with zero attached hydrogens (tertiary/aromatic N) is 1. The van der Waals surface area contributed by atoms with Gasteiger partial charge >= 0.3 is 0 Å². The second-order valence-electron chi connectivity index (χ2n) is 18.7. The molecule has 0 amide bonds. The van der Waals surface area contributed by atoms with Crippen LogP contribution in [0.4, 0.5) is 17.1 Å². The Morgan fingerprint density at radius 3 is 1.73 bits per heavy atom. The highest BCUT2D eigenvalue weighted by Gasteiger charge is 2.38. The molecular formula is C61H49NO2. The molecule has 0 radical (unpaired) electrons. The van der Waals surface area contributed by atoms with Crippen molar-refractivity contribution in [1.82, 2.24) is 0 Å². The Kier molecular flexibility index (Phi) is 8.43. The number of fused-ring (bicyclic) bond motifs is 10. The molecule has 0 atom stereocenters. The Labute approximate surface area is 374 Å². The molecule has 2 aliphatic rings. The van der Waals surface area contributed by atoms with E-state index in [4.69, 9.17) is 8.83 Å². The highest BCUT2D eigenvalue weighted by atomic mass is 16.3. The molecule has 0 spiro atoms. The topological polar surface area (TPSA) is 29.5 Å². The van der Waals surface area contributed by atoms with Crippen molar-refractivity contribution in [3.63, 3.8) is 0 Å². The third kappa shape index (κ3) is 5.59. The van der Waals surface area contributed by atoms with Gasteiger partial charge in [-0.3, -0.25) is 0 Å². The zero-order valence-electron chi connectivity index (χ0n) is 37.2. The second-order valence-corrected chi connectivity index (χ2v) is 18.7. The van der Waals surface area contributed by atoms with Gasteiger partial charge in [0.1, 0.15) is 22.3 Å². The van der Waals surface area contributed by atoms with E-state index in [1.54, 1.807) is 0 Å². The first kappa shape index (κ1) is 38.3. The third-order valence-corrected chi connectivity index (χ3v) is 14.5. The predicted octanol–water partition coefficient (Wildman–Crippen LogP) is 17.6. The molecule has 0 N–H and O–H groups in total. The molecule has 0 unspecified atom stereocenters. The lowest BCUT2D eigenvalue weighted by atomic mass is 9.80. The summed E-state index contributed by atoms with van der Waals surface area (Å²) in [7, 11) is 0. The highest BCUT2D eigenvalue weighted by molar-refractivity contribution is 6.10. The number of anilines is 3. The minimum absolute atomic E-state index is 0.0909. The number of rotatable bonds is 7. The Hall–Kier alpha value is -7.36. The van der Waals surface area contributed by atoms with Crippen LogP contribution in [0.3, 0.4) is 0 Å². The van der Waals surface area contributed by atoms with Crippen LogP contribution in [0.5, 0.6) is 0 Å². The average molecular weight is 828 g/mol. The van der Waals surface area contributed by atoms with Crippen molar-refractivity contribution in [2.75, 3.05) is 4.90 Å². The van der Waals surface area contributed by atoms with Crippen molar-refractivity contribution < 1.29 is 8.83 Å². The summed E-state index contributed by atoms with van der Waals surface area (Å²) < 4.78 is 12.7. The number of hydrogen-bond donors (Lipinski definition) is 0. The van der Waals surface area contributed by atoms with E-state index >= 15 is 0 Å². The summed E-state index contributed by atoms with van der Waals surface area (Å²) in [5.41, 5.74) is 22.2. The van der Waals surface area contributed by atoms with E-state index in [1.165, 1.54) is 61.2 Å². The monoisotopic (exact) mass is 827 g/mol. The maximum absolute atomic E-state index is 6.51. The van der Waals surface area contributed by atoms with Crippen LogP contribution in [-0.2, 0) is 10.8 Å². The Balaban J connectivity index is 0.972. The van der Waals surface area contributed by atoms with Crippen molar-refractivity contribution >= 4 is 66.5 Å². The average Bonchev–Trinajstić information content (AvgIpc) is 4.01. The molecule has 2 heterocycles. The number of furan rings is 2. The van der Waals surface area contributed by atoms with Crippen molar-refractivity contribution in [1.29, 1.82) is 0 Å². The normalized spacial score (nSPS) is 14.9.